The van der Waals surface area contributed by atoms with E-state index in [0.29, 0.717) is 22.9 Å². The first-order valence-electron chi connectivity index (χ1n) is 6.25. The lowest BCUT2D eigenvalue weighted by atomic mass is 9.99. The number of benzene rings is 1. The zero-order valence-electron chi connectivity index (χ0n) is 11.7. The highest BCUT2D eigenvalue weighted by molar-refractivity contribution is 6.09. The van der Waals surface area contributed by atoms with Crippen molar-refractivity contribution in [2.75, 3.05) is 7.11 Å². The summed E-state index contributed by atoms with van der Waals surface area (Å²) in [6, 6.07) is 7.68. The summed E-state index contributed by atoms with van der Waals surface area (Å²) in [5.74, 6) is 0.878. The summed E-state index contributed by atoms with van der Waals surface area (Å²) in [6.07, 6.45) is 1.55. The van der Waals surface area contributed by atoms with E-state index in [9.17, 15) is 4.79 Å². The average molecular weight is 258 g/mol. The van der Waals surface area contributed by atoms with Crippen molar-refractivity contribution < 1.29 is 9.53 Å². The van der Waals surface area contributed by atoms with E-state index in [2.05, 4.69) is 18.9 Å². The Morgan fingerprint density at radius 2 is 1.89 bits per heavy atom. The zero-order valence-corrected chi connectivity index (χ0v) is 11.7. The lowest BCUT2D eigenvalue weighted by molar-refractivity contribution is 0.102. The topological polar surface area (TPSA) is 44.1 Å². The van der Waals surface area contributed by atoms with Gasteiger partial charge in [0.25, 0.3) is 0 Å². The van der Waals surface area contributed by atoms with Crippen LogP contribution in [0.15, 0.2) is 30.5 Å². The second-order valence-corrected chi connectivity index (χ2v) is 4.79. The van der Waals surface area contributed by atoms with E-state index < -0.39 is 0 Å². The first-order valence-corrected chi connectivity index (χ1v) is 6.25. The molecule has 1 aromatic carbocycles. The third kappa shape index (κ3) is 2.52. The average Bonchev–Trinajstić information content (AvgIpc) is 2.79. The van der Waals surface area contributed by atoms with E-state index >= 15 is 0 Å². The van der Waals surface area contributed by atoms with Gasteiger partial charge in [0.1, 0.15) is 0 Å². The molecule has 2 aromatic rings. The van der Waals surface area contributed by atoms with Gasteiger partial charge in [0.05, 0.1) is 13.3 Å². The predicted octanol–water partition coefficient (Wildman–Crippen LogP) is 2.78. The molecule has 0 bridgehead atoms. The molecule has 19 heavy (non-hydrogen) atoms. The SMILES string of the molecule is COc1cnn(C)c1C(=O)c1ccc(C(C)C)cc1. The maximum atomic E-state index is 12.4. The summed E-state index contributed by atoms with van der Waals surface area (Å²) in [5, 5.41) is 4.05. The minimum Gasteiger partial charge on any atom is -0.493 e. The Bertz CT molecular complexity index is 583. The second-order valence-electron chi connectivity index (χ2n) is 4.79. The first-order chi connectivity index (χ1) is 9.04. The molecule has 0 spiro atoms. The van der Waals surface area contributed by atoms with Gasteiger partial charge in [0.15, 0.2) is 11.4 Å². The largest absolute Gasteiger partial charge is 0.493 e. The monoisotopic (exact) mass is 258 g/mol. The molecule has 0 saturated heterocycles. The van der Waals surface area contributed by atoms with Crippen LogP contribution in [-0.4, -0.2) is 22.7 Å². The van der Waals surface area contributed by atoms with Crippen molar-refractivity contribution in [3.8, 4) is 5.75 Å². The molecule has 4 heteroatoms. The minimum absolute atomic E-state index is 0.0767. The van der Waals surface area contributed by atoms with Crippen LogP contribution in [0.1, 0.15) is 41.4 Å². The minimum atomic E-state index is -0.0767. The first kappa shape index (κ1) is 13.3. The highest BCUT2D eigenvalue weighted by Crippen LogP contribution is 2.22. The van der Waals surface area contributed by atoms with Gasteiger partial charge in [-0.1, -0.05) is 38.1 Å². The molecule has 0 radical (unpaired) electrons. The molecule has 0 N–H and O–H groups in total. The molecule has 0 saturated carbocycles. The van der Waals surface area contributed by atoms with E-state index in [0.717, 1.165) is 0 Å². The fourth-order valence-corrected chi connectivity index (χ4v) is 1.98. The predicted molar refractivity (Wildman–Crippen MR) is 73.7 cm³/mol. The van der Waals surface area contributed by atoms with Crippen LogP contribution in [0.5, 0.6) is 5.75 Å². The van der Waals surface area contributed by atoms with Crippen LogP contribution in [0, 0.1) is 0 Å². The molecule has 0 aliphatic carbocycles. The van der Waals surface area contributed by atoms with E-state index in [-0.39, 0.29) is 5.78 Å². The highest BCUT2D eigenvalue weighted by Gasteiger charge is 2.19. The Hall–Kier alpha value is -2.10. The molecule has 0 fully saturated rings. The lowest BCUT2D eigenvalue weighted by Crippen LogP contribution is -2.09. The number of methoxy groups -OCH3 is 1. The van der Waals surface area contributed by atoms with Crippen molar-refractivity contribution in [2.45, 2.75) is 19.8 Å². The van der Waals surface area contributed by atoms with Crippen LogP contribution < -0.4 is 4.74 Å². The van der Waals surface area contributed by atoms with Crippen molar-refractivity contribution >= 4 is 5.78 Å². The number of hydrogen-bond donors (Lipinski definition) is 0. The quantitative estimate of drug-likeness (QED) is 0.792. The van der Waals surface area contributed by atoms with Crippen molar-refractivity contribution in [2.24, 2.45) is 7.05 Å². The summed E-state index contributed by atoms with van der Waals surface area (Å²) in [4.78, 5) is 12.4. The molecule has 1 heterocycles. The number of carbonyl (C=O) groups excluding carboxylic acids is 1. The molecule has 0 unspecified atom stereocenters. The van der Waals surface area contributed by atoms with Gasteiger partial charge in [0.2, 0.25) is 5.78 Å². The van der Waals surface area contributed by atoms with Crippen molar-refractivity contribution in [1.29, 1.82) is 0 Å². The lowest BCUT2D eigenvalue weighted by Gasteiger charge is -2.07. The van der Waals surface area contributed by atoms with Crippen LogP contribution in [0.4, 0.5) is 0 Å². The molecule has 2 rings (SSSR count). The summed E-state index contributed by atoms with van der Waals surface area (Å²) in [7, 11) is 3.27. The fraction of sp³-hybridized carbons (Fsp3) is 0.333. The van der Waals surface area contributed by atoms with Gasteiger partial charge in [-0.05, 0) is 11.5 Å². The Labute approximate surface area is 113 Å². The van der Waals surface area contributed by atoms with Gasteiger partial charge in [-0.15, -0.1) is 0 Å². The van der Waals surface area contributed by atoms with E-state index in [1.165, 1.54) is 17.4 Å². The number of carbonyl (C=O) groups is 1. The van der Waals surface area contributed by atoms with Crippen LogP contribution in [0.25, 0.3) is 0 Å². The van der Waals surface area contributed by atoms with Gasteiger partial charge in [-0.25, -0.2) is 0 Å². The molecule has 0 aliphatic heterocycles. The second kappa shape index (κ2) is 5.26. The molecular formula is C15H18N2O2. The van der Waals surface area contributed by atoms with Gasteiger partial charge < -0.3 is 4.74 Å². The van der Waals surface area contributed by atoms with Crippen molar-refractivity contribution in [1.82, 2.24) is 9.78 Å². The summed E-state index contributed by atoms with van der Waals surface area (Å²) < 4.78 is 6.71. The highest BCUT2D eigenvalue weighted by atomic mass is 16.5. The molecule has 0 amide bonds. The third-order valence-corrected chi connectivity index (χ3v) is 3.18. The summed E-state index contributed by atoms with van der Waals surface area (Å²) in [5.41, 5.74) is 2.33. The smallest absolute Gasteiger partial charge is 0.214 e. The zero-order chi connectivity index (χ0) is 14.0. The van der Waals surface area contributed by atoms with Crippen molar-refractivity contribution in [3.63, 3.8) is 0 Å². The van der Waals surface area contributed by atoms with Gasteiger partial charge in [-0.3, -0.25) is 9.48 Å². The molecule has 0 atom stereocenters. The van der Waals surface area contributed by atoms with Crippen molar-refractivity contribution in [3.05, 3.63) is 47.3 Å². The van der Waals surface area contributed by atoms with Crippen LogP contribution in [0.2, 0.25) is 0 Å². The normalized spacial score (nSPS) is 10.8. The molecule has 1 aromatic heterocycles. The summed E-state index contributed by atoms with van der Waals surface area (Å²) in [6.45, 7) is 4.25. The maximum Gasteiger partial charge on any atom is 0.214 e. The Morgan fingerprint density at radius 3 is 2.42 bits per heavy atom. The van der Waals surface area contributed by atoms with Crippen LogP contribution in [-0.2, 0) is 7.05 Å². The fourth-order valence-electron chi connectivity index (χ4n) is 1.98. The Morgan fingerprint density at radius 1 is 1.26 bits per heavy atom. The van der Waals surface area contributed by atoms with Crippen LogP contribution in [0.3, 0.4) is 0 Å². The standard InChI is InChI=1S/C15H18N2O2/c1-10(2)11-5-7-12(8-6-11)15(18)14-13(19-4)9-16-17(14)3/h5-10H,1-4H3. The molecule has 100 valence electrons. The van der Waals surface area contributed by atoms with Crippen LogP contribution >= 0.6 is 0 Å². The number of nitrogens with zero attached hydrogens (tertiary/aromatic N) is 2. The number of ketones is 1. The van der Waals surface area contributed by atoms with E-state index in [1.807, 2.05) is 24.3 Å². The van der Waals surface area contributed by atoms with E-state index in [4.69, 9.17) is 4.74 Å². The number of ether oxygens (including phenoxy) is 1. The third-order valence-electron chi connectivity index (χ3n) is 3.18. The Balaban J connectivity index is 2.36. The number of rotatable bonds is 4. The number of hydrogen-bond acceptors (Lipinski definition) is 3. The van der Waals surface area contributed by atoms with Gasteiger partial charge in [0, 0.05) is 12.6 Å². The van der Waals surface area contributed by atoms with Gasteiger partial charge >= 0.3 is 0 Å². The molecule has 0 aliphatic rings. The summed E-state index contributed by atoms with van der Waals surface area (Å²) >= 11 is 0. The number of aryl methyl sites for hydroxylation is 1. The van der Waals surface area contributed by atoms with Gasteiger partial charge in [-0.2, -0.15) is 5.10 Å². The maximum absolute atomic E-state index is 12.4. The molecule has 4 nitrogen and oxygen atoms in total. The number of aromatic nitrogens is 2. The Kier molecular flexibility index (Phi) is 3.69. The molecular weight excluding hydrogens is 240 g/mol. The van der Waals surface area contributed by atoms with E-state index in [1.54, 1.807) is 13.2 Å².